The van der Waals surface area contributed by atoms with Crippen molar-refractivity contribution >= 4 is 28.3 Å². The molecule has 2 aliphatic rings. The highest BCUT2D eigenvalue weighted by molar-refractivity contribution is 6.21. The monoisotopic (exact) mass is 413 g/mol. The van der Waals surface area contributed by atoms with Crippen molar-refractivity contribution in [2.45, 2.75) is 26.2 Å². The van der Waals surface area contributed by atoms with Gasteiger partial charge in [-0.1, -0.05) is 36.4 Å². The number of aromatic amines is 1. The minimum Gasteiger partial charge on any atom is -0.360 e. The third kappa shape index (κ3) is 3.59. The Hall–Kier alpha value is -3.18. The van der Waals surface area contributed by atoms with Crippen LogP contribution in [0.15, 0.2) is 54.7 Å². The van der Waals surface area contributed by atoms with E-state index in [0.29, 0.717) is 17.7 Å². The van der Waals surface area contributed by atoms with Gasteiger partial charge in [-0.15, -0.1) is 0 Å². The third-order valence-corrected chi connectivity index (χ3v) is 6.55. The van der Waals surface area contributed by atoms with E-state index < -0.39 is 0 Å². The number of aryl methyl sites for hydroxylation is 1. The molecule has 0 unspecified atom stereocenters. The molecule has 3 heterocycles. The number of rotatable bonds is 6. The zero-order chi connectivity index (χ0) is 21.4. The first-order valence-electron chi connectivity index (χ1n) is 11.1. The summed E-state index contributed by atoms with van der Waals surface area (Å²) in [4.78, 5) is 32.2. The Balaban J connectivity index is 1.13. The lowest BCUT2D eigenvalue weighted by Gasteiger charge is -2.26. The topological polar surface area (TPSA) is 56.4 Å². The van der Waals surface area contributed by atoms with Crippen LogP contribution in [0, 0.1) is 6.92 Å². The van der Waals surface area contributed by atoms with Gasteiger partial charge in [0.25, 0.3) is 11.8 Å². The first kappa shape index (κ1) is 19.8. The molecule has 5 rings (SSSR count). The predicted octanol–water partition coefficient (Wildman–Crippen LogP) is 4.64. The summed E-state index contributed by atoms with van der Waals surface area (Å²) in [7, 11) is 0. The molecule has 0 fully saturated rings. The highest BCUT2D eigenvalue weighted by atomic mass is 16.2. The van der Waals surface area contributed by atoms with E-state index in [9.17, 15) is 9.59 Å². The minimum absolute atomic E-state index is 0.153. The summed E-state index contributed by atoms with van der Waals surface area (Å²) in [6.07, 6.45) is 7.34. The maximum Gasteiger partial charge on any atom is 0.261 e. The SMILES string of the molecule is Cc1cccc2c(C3=CCN(CCCCN4C(=O)c5ccccc5C4=O)CC3)c[nH]c12. The molecule has 0 bridgehead atoms. The van der Waals surface area contributed by atoms with E-state index in [1.807, 2.05) is 12.1 Å². The molecule has 0 radical (unpaired) electrons. The molecule has 1 N–H and O–H groups in total. The number of H-pyrrole nitrogens is 1. The number of unbranched alkanes of at least 4 members (excludes halogenated alkanes) is 1. The van der Waals surface area contributed by atoms with Crippen molar-refractivity contribution in [2.24, 2.45) is 0 Å². The smallest absolute Gasteiger partial charge is 0.261 e. The molecule has 5 nitrogen and oxygen atoms in total. The summed E-state index contributed by atoms with van der Waals surface area (Å²) < 4.78 is 0. The number of aromatic nitrogens is 1. The molecule has 5 heteroatoms. The molecule has 0 spiro atoms. The number of nitrogens with one attached hydrogen (secondary N) is 1. The normalized spacial score (nSPS) is 16.8. The summed E-state index contributed by atoms with van der Waals surface area (Å²) in [6.45, 7) is 5.61. The fraction of sp³-hybridized carbons (Fsp3) is 0.308. The number of hydrogen-bond acceptors (Lipinski definition) is 3. The van der Waals surface area contributed by atoms with Gasteiger partial charge in [0, 0.05) is 42.3 Å². The van der Waals surface area contributed by atoms with Crippen LogP contribution in [0.2, 0.25) is 0 Å². The van der Waals surface area contributed by atoms with Crippen molar-refractivity contribution < 1.29 is 9.59 Å². The summed E-state index contributed by atoms with van der Waals surface area (Å²) >= 11 is 0. The van der Waals surface area contributed by atoms with Gasteiger partial charge in [0.05, 0.1) is 11.1 Å². The van der Waals surface area contributed by atoms with Gasteiger partial charge < -0.3 is 4.98 Å². The van der Waals surface area contributed by atoms with E-state index in [1.165, 1.54) is 32.5 Å². The van der Waals surface area contributed by atoms with Crippen LogP contribution < -0.4 is 0 Å². The van der Waals surface area contributed by atoms with E-state index in [0.717, 1.165) is 38.9 Å². The standard InChI is InChI=1S/C26H27N3O2/c1-18-7-6-10-20-23(17-27-24(18)20)19-11-15-28(16-12-19)13-4-5-14-29-25(30)21-8-2-3-9-22(21)26(29)31/h2-3,6-11,17,27H,4-5,12-16H2,1H3. The molecule has 0 aliphatic carbocycles. The maximum atomic E-state index is 12.5. The van der Waals surface area contributed by atoms with Gasteiger partial charge in [-0.25, -0.2) is 0 Å². The second-order valence-electron chi connectivity index (χ2n) is 8.49. The molecular weight excluding hydrogens is 386 g/mol. The maximum absolute atomic E-state index is 12.5. The van der Waals surface area contributed by atoms with Crippen LogP contribution >= 0.6 is 0 Å². The van der Waals surface area contributed by atoms with Crippen LogP contribution in [0.4, 0.5) is 0 Å². The first-order chi connectivity index (χ1) is 15.1. The number of carbonyl (C=O) groups is 2. The zero-order valence-electron chi connectivity index (χ0n) is 17.9. The van der Waals surface area contributed by atoms with Crippen LogP contribution in [0.3, 0.4) is 0 Å². The molecule has 31 heavy (non-hydrogen) atoms. The van der Waals surface area contributed by atoms with E-state index in [-0.39, 0.29) is 11.8 Å². The van der Waals surface area contributed by atoms with Crippen molar-refractivity contribution in [3.8, 4) is 0 Å². The highest BCUT2D eigenvalue weighted by Crippen LogP contribution is 2.30. The van der Waals surface area contributed by atoms with Crippen molar-refractivity contribution in [3.63, 3.8) is 0 Å². The number of benzene rings is 2. The average Bonchev–Trinajstić information content (AvgIpc) is 3.33. The lowest BCUT2D eigenvalue weighted by Crippen LogP contribution is -2.32. The van der Waals surface area contributed by atoms with E-state index in [1.54, 1.807) is 12.1 Å². The molecule has 0 saturated carbocycles. The van der Waals surface area contributed by atoms with Gasteiger partial charge in [-0.3, -0.25) is 19.4 Å². The Morgan fingerprint density at radius 1 is 0.903 bits per heavy atom. The Morgan fingerprint density at radius 2 is 1.65 bits per heavy atom. The molecule has 2 amide bonds. The summed E-state index contributed by atoms with van der Waals surface area (Å²) in [5.74, 6) is -0.305. The van der Waals surface area contributed by atoms with Crippen molar-refractivity contribution in [3.05, 3.63) is 77.0 Å². The number of imide groups is 1. The van der Waals surface area contributed by atoms with Gasteiger partial charge in [-0.05, 0) is 56.0 Å². The number of nitrogens with zero attached hydrogens (tertiary/aromatic N) is 2. The summed E-state index contributed by atoms with van der Waals surface area (Å²) in [5.41, 5.74) is 6.32. The highest BCUT2D eigenvalue weighted by Gasteiger charge is 2.34. The first-order valence-corrected chi connectivity index (χ1v) is 11.1. The van der Waals surface area contributed by atoms with Gasteiger partial charge in [0.2, 0.25) is 0 Å². The summed E-state index contributed by atoms with van der Waals surface area (Å²) in [6, 6.07) is 13.6. The van der Waals surface area contributed by atoms with Crippen molar-refractivity contribution in [2.75, 3.05) is 26.2 Å². The van der Waals surface area contributed by atoms with Crippen LogP contribution in [-0.4, -0.2) is 52.8 Å². The van der Waals surface area contributed by atoms with E-state index in [2.05, 4.69) is 47.3 Å². The Bertz CT molecular complexity index is 1160. The molecule has 3 aromatic rings. The van der Waals surface area contributed by atoms with Gasteiger partial charge in [0.1, 0.15) is 0 Å². The van der Waals surface area contributed by atoms with Gasteiger partial charge in [0.15, 0.2) is 0 Å². The molecule has 158 valence electrons. The zero-order valence-corrected chi connectivity index (χ0v) is 17.9. The van der Waals surface area contributed by atoms with E-state index in [4.69, 9.17) is 0 Å². The number of fused-ring (bicyclic) bond motifs is 2. The molecule has 2 aromatic carbocycles. The van der Waals surface area contributed by atoms with E-state index >= 15 is 0 Å². The van der Waals surface area contributed by atoms with Crippen LogP contribution in [-0.2, 0) is 0 Å². The molecular formula is C26H27N3O2. The number of para-hydroxylation sites is 1. The second kappa shape index (κ2) is 8.16. The molecule has 2 aliphatic heterocycles. The van der Waals surface area contributed by atoms with Crippen LogP contribution in [0.25, 0.3) is 16.5 Å². The Labute approximate surface area is 182 Å². The van der Waals surface area contributed by atoms with Crippen molar-refractivity contribution in [1.82, 2.24) is 14.8 Å². The lowest BCUT2D eigenvalue weighted by molar-refractivity contribution is 0.0650. The van der Waals surface area contributed by atoms with Gasteiger partial charge >= 0.3 is 0 Å². The van der Waals surface area contributed by atoms with Crippen LogP contribution in [0.1, 0.15) is 51.1 Å². The number of amides is 2. The average molecular weight is 414 g/mol. The molecule has 1 aromatic heterocycles. The van der Waals surface area contributed by atoms with Gasteiger partial charge in [-0.2, -0.15) is 0 Å². The fourth-order valence-electron chi connectivity index (χ4n) is 4.78. The third-order valence-electron chi connectivity index (χ3n) is 6.55. The largest absolute Gasteiger partial charge is 0.360 e. The second-order valence-corrected chi connectivity index (χ2v) is 8.49. The number of hydrogen-bond donors (Lipinski definition) is 1. The predicted molar refractivity (Wildman–Crippen MR) is 123 cm³/mol. The summed E-state index contributed by atoms with van der Waals surface area (Å²) in [5, 5.41) is 1.31. The minimum atomic E-state index is -0.153. The van der Waals surface area contributed by atoms with Crippen LogP contribution in [0.5, 0.6) is 0 Å². The number of carbonyl (C=O) groups excluding carboxylic acids is 2. The quantitative estimate of drug-likeness (QED) is 0.473. The molecule has 0 saturated heterocycles. The Kier molecular flexibility index (Phi) is 5.20. The lowest BCUT2D eigenvalue weighted by atomic mass is 9.98. The van der Waals surface area contributed by atoms with Crippen molar-refractivity contribution in [1.29, 1.82) is 0 Å². The Morgan fingerprint density at radius 3 is 2.35 bits per heavy atom. The molecule has 0 atom stereocenters. The fourth-order valence-corrected chi connectivity index (χ4v) is 4.78.